The zero-order chi connectivity index (χ0) is 12.8. The van der Waals surface area contributed by atoms with E-state index in [1.807, 2.05) is 0 Å². The van der Waals surface area contributed by atoms with Gasteiger partial charge in [0, 0.05) is 9.52 Å². The van der Waals surface area contributed by atoms with E-state index in [2.05, 4.69) is 56.4 Å². The van der Waals surface area contributed by atoms with Gasteiger partial charge in [0.1, 0.15) is 0 Å². The molecule has 0 amide bonds. The highest BCUT2D eigenvalue weighted by Gasteiger charge is 2.31. The lowest BCUT2D eigenvalue weighted by Gasteiger charge is -2.33. The van der Waals surface area contributed by atoms with Crippen LogP contribution in [0.2, 0.25) is 10.6 Å². The van der Waals surface area contributed by atoms with Crippen LogP contribution < -0.4 is 0 Å². The molecule has 2 aliphatic rings. The minimum Gasteiger partial charge on any atom is -0.0840 e. The molecule has 0 aliphatic heterocycles. The predicted molar refractivity (Wildman–Crippen MR) is 84.9 cm³/mol. The van der Waals surface area contributed by atoms with Crippen LogP contribution in [0, 0.1) is 0 Å². The van der Waals surface area contributed by atoms with Crippen molar-refractivity contribution in [3.05, 3.63) is 48.1 Å². The van der Waals surface area contributed by atoms with Gasteiger partial charge in [-0.15, -0.1) is 0 Å². The van der Waals surface area contributed by atoms with E-state index in [0.29, 0.717) is 5.04 Å². The van der Waals surface area contributed by atoms with Gasteiger partial charge in [-0.25, -0.2) is 0 Å². The van der Waals surface area contributed by atoms with E-state index >= 15 is 0 Å². The van der Waals surface area contributed by atoms with Crippen molar-refractivity contribution in [2.45, 2.75) is 56.5 Å². The summed E-state index contributed by atoms with van der Waals surface area (Å²) >= 11 is 0. The summed E-state index contributed by atoms with van der Waals surface area (Å²) < 4.78 is 0. The summed E-state index contributed by atoms with van der Waals surface area (Å²) in [5, 5.41) is 0.551. The van der Waals surface area contributed by atoms with Crippen LogP contribution in [0.3, 0.4) is 0 Å². The Hall–Kier alpha value is -0.823. The largest absolute Gasteiger partial charge is 0.0840 e. The Bertz CT molecular complexity index is 386. The van der Waals surface area contributed by atoms with Gasteiger partial charge in [-0.1, -0.05) is 74.8 Å². The monoisotopic (exact) mass is 258 g/mol. The molecule has 18 heavy (non-hydrogen) atoms. The van der Waals surface area contributed by atoms with E-state index in [-0.39, 0.29) is 9.52 Å². The Balaban J connectivity index is 2.05. The van der Waals surface area contributed by atoms with E-state index in [1.165, 1.54) is 32.1 Å². The molecule has 2 aliphatic carbocycles. The van der Waals surface area contributed by atoms with Gasteiger partial charge >= 0.3 is 0 Å². The van der Waals surface area contributed by atoms with Gasteiger partial charge in [-0.05, 0) is 29.8 Å². The van der Waals surface area contributed by atoms with Crippen LogP contribution in [-0.4, -0.2) is 9.52 Å². The molecule has 2 unspecified atom stereocenters. The second-order valence-corrected chi connectivity index (χ2v) is 8.49. The Kier molecular flexibility index (Phi) is 4.82. The van der Waals surface area contributed by atoms with Crippen LogP contribution in [0.15, 0.2) is 48.1 Å². The van der Waals surface area contributed by atoms with Gasteiger partial charge in [-0.2, -0.15) is 0 Å². The number of hydrogen-bond acceptors (Lipinski definition) is 0. The molecule has 0 heterocycles. The van der Waals surface area contributed by atoms with Gasteiger partial charge in [-0.3, -0.25) is 0 Å². The highest BCUT2D eigenvalue weighted by molar-refractivity contribution is 6.45. The zero-order valence-electron chi connectivity index (χ0n) is 11.9. The van der Waals surface area contributed by atoms with Gasteiger partial charge in [0.15, 0.2) is 0 Å². The first-order valence-corrected chi connectivity index (χ1v) is 9.03. The van der Waals surface area contributed by atoms with Crippen LogP contribution in [0.5, 0.6) is 0 Å². The standard InChI is InChI=1S/C17H26Si/c1-3-9-15-10-8-11-16(15)18-17(12-4-2)13-6-5-7-14-17/h5-8,10-11,13,16H,3-4,9,12,14,18H2,1-2H3. The maximum Gasteiger partial charge on any atom is 0.0450 e. The van der Waals surface area contributed by atoms with Crippen LogP contribution in [0.1, 0.15) is 46.0 Å². The average Bonchev–Trinajstić information content (AvgIpc) is 2.78. The second kappa shape index (κ2) is 6.37. The number of rotatable bonds is 6. The first-order chi connectivity index (χ1) is 8.79. The lowest BCUT2D eigenvalue weighted by atomic mass is 9.94. The summed E-state index contributed by atoms with van der Waals surface area (Å²) in [7, 11) is -0.137. The Labute approximate surface area is 114 Å². The molecule has 0 spiro atoms. The van der Waals surface area contributed by atoms with E-state index in [1.54, 1.807) is 5.57 Å². The maximum atomic E-state index is 2.53. The van der Waals surface area contributed by atoms with Crippen molar-refractivity contribution in [1.29, 1.82) is 0 Å². The molecule has 0 aromatic carbocycles. The molecule has 1 heteroatoms. The van der Waals surface area contributed by atoms with Crippen LogP contribution in [0.4, 0.5) is 0 Å². The molecule has 0 fully saturated rings. The third kappa shape index (κ3) is 3.14. The SMILES string of the molecule is CCCC1=CC=CC1[SiH2]C1(CCC)C=CC=CC1. The van der Waals surface area contributed by atoms with Crippen LogP contribution in [0.25, 0.3) is 0 Å². The van der Waals surface area contributed by atoms with Crippen molar-refractivity contribution < 1.29 is 0 Å². The van der Waals surface area contributed by atoms with Crippen molar-refractivity contribution in [2.24, 2.45) is 0 Å². The Morgan fingerprint density at radius 3 is 2.78 bits per heavy atom. The van der Waals surface area contributed by atoms with Crippen molar-refractivity contribution in [1.82, 2.24) is 0 Å². The first kappa shape index (κ1) is 13.6. The first-order valence-electron chi connectivity index (χ1n) is 7.51. The van der Waals surface area contributed by atoms with Gasteiger partial charge in [0.25, 0.3) is 0 Å². The maximum absolute atomic E-state index is 2.53. The molecular weight excluding hydrogens is 232 g/mol. The topological polar surface area (TPSA) is 0 Å². The van der Waals surface area contributed by atoms with E-state index in [0.717, 1.165) is 5.54 Å². The van der Waals surface area contributed by atoms with Crippen molar-refractivity contribution in [2.75, 3.05) is 0 Å². The van der Waals surface area contributed by atoms with Crippen LogP contribution >= 0.6 is 0 Å². The predicted octanol–water partition coefficient (Wildman–Crippen LogP) is 4.71. The Morgan fingerprint density at radius 1 is 1.22 bits per heavy atom. The molecule has 0 N–H and O–H groups in total. The summed E-state index contributed by atoms with van der Waals surface area (Å²) in [6, 6.07) is 0. The summed E-state index contributed by atoms with van der Waals surface area (Å²) in [5.41, 5.74) is 2.54. The second-order valence-electron chi connectivity index (χ2n) is 5.79. The minimum atomic E-state index is -0.137. The molecule has 2 atom stereocenters. The average molecular weight is 258 g/mol. The highest BCUT2D eigenvalue weighted by Crippen LogP contribution is 2.45. The van der Waals surface area contributed by atoms with Gasteiger partial charge < -0.3 is 0 Å². The van der Waals surface area contributed by atoms with Gasteiger partial charge in [0.05, 0.1) is 0 Å². The third-order valence-electron chi connectivity index (χ3n) is 4.26. The van der Waals surface area contributed by atoms with E-state index in [9.17, 15) is 0 Å². The fourth-order valence-electron chi connectivity index (χ4n) is 3.40. The quantitative estimate of drug-likeness (QED) is 0.605. The lowest BCUT2D eigenvalue weighted by molar-refractivity contribution is 0.595. The summed E-state index contributed by atoms with van der Waals surface area (Å²) in [4.78, 5) is 0. The summed E-state index contributed by atoms with van der Waals surface area (Å²) in [5.74, 6) is 0. The third-order valence-corrected chi connectivity index (χ3v) is 7.19. The molecule has 0 saturated carbocycles. The van der Waals surface area contributed by atoms with E-state index in [4.69, 9.17) is 0 Å². The van der Waals surface area contributed by atoms with Crippen molar-refractivity contribution in [3.63, 3.8) is 0 Å². The molecule has 0 aromatic rings. The minimum absolute atomic E-state index is 0.137. The Morgan fingerprint density at radius 2 is 2.11 bits per heavy atom. The fraction of sp³-hybridized carbons (Fsp3) is 0.529. The van der Waals surface area contributed by atoms with E-state index < -0.39 is 0 Å². The van der Waals surface area contributed by atoms with Crippen LogP contribution in [-0.2, 0) is 0 Å². The van der Waals surface area contributed by atoms with Crippen molar-refractivity contribution in [3.8, 4) is 0 Å². The molecule has 0 aromatic heterocycles. The fourth-order valence-corrected chi connectivity index (χ4v) is 6.34. The highest BCUT2D eigenvalue weighted by atomic mass is 28.2. The van der Waals surface area contributed by atoms with Crippen molar-refractivity contribution >= 4 is 9.52 Å². The molecule has 0 nitrogen and oxygen atoms in total. The summed E-state index contributed by atoms with van der Waals surface area (Å²) in [6.07, 6.45) is 23.1. The number of allylic oxidation sites excluding steroid dienone is 8. The normalized spacial score (nSPS) is 30.6. The lowest BCUT2D eigenvalue weighted by Crippen LogP contribution is -2.23. The number of hydrogen-bond donors (Lipinski definition) is 0. The smallest absolute Gasteiger partial charge is 0.0450 e. The van der Waals surface area contributed by atoms with Gasteiger partial charge in [0.2, 0.25) is 0 Å². The molecular formula is C17H26Si. The molecule has 0 bridgehead atoms. The molecule has 98 valence electrons. The summed E-state index contributed by atoms with van der Waals surface area (Å²) in [6.45, 7) is 4.62. The molecule has 0 saturated heterocycles. The molecule has 2 rings (SSSR count). The molecule has 0 radical (unpaired) electrons. The zero-order valence-corrected chi connectivity index (χ0v) is 13.3.